The molecule has 0 spiro atoms. The van der Waals surface area contributed by atoms with E-state index in [0.717, 1.165) is 19.4 Å². The molecule has 0 aromatic rings. The van der Waals surface area contributed by atoms with Crippen LogP contribution in [0.3, 0.4) is 0 Å². The molecule has 0 aliphatic heterocycles. The molecule has 0 amide bonds. The van der Waals surface area contributed by atoms with Crippen molar-refractivity contribution in [2.75, 3.05) is 27.2 Å². The van der Waals surface area contributed by atoms with Gasteiger partial charge in [-0.15, -0.1) is 0 Å². The molecule has 4 nitrogen and oxygen atoms in total. The van der Waals surface area contributed by atoms with E-state index >= 15 is 0 Å². The highest BCUT2D eigenvalue weighted by atomic mass is 16.3. The highest BCUT2D eigenvalue weighted by Crippen LogP contribution is 1.97. The number of likely N-dealkylation sites (N-methyl/N-ethyl adjacent to an activating group) is 1. The van der Waals surface area contributed by atoms with Gasteiger partial charge in [0.25, 0.3) is 0 Å². The summed E-state index contributed by atoms with van der Waals surface area (Å²) in [6.45, 7) is 2.78. The zero-order valence-corrected chi connectivity index (χ0v) is 8.82. The van der Waals surface area contributed by atoms with Gasteiger partial charge in [0.2, 0.25) is 0 Å². The van der Waals surface area contributed by atoms with Gasteiger partial charge in [-0.25, -0.2) is 0 Å². The van der Waals surface area contributed by atoms with E-state index in [4.69, 9.17) is 5.11 Å². The lowest BCUT2D eigenvalue weighted by Gasteiger charge is -2.28. The Morgan fingerprint density at radius 1 is 1.38 bits per heavy atom. The maximum absolute atomic E-state index is 9.43. The van der Waals surface area contributed by atoms with Crippen molar-refractivity contribution in [3.63, 3.8) is 0 Å². The third-order valence-corrected chi connectivity index (χ3v) is 1.99. The first kappa shape index (κ1) is 12.8. The van der Waals surface area contributed by atoms with E-state index in [9.17, 15) is 5.11 Å². The van der Waals surface area contributed by atoms with Crippen molar-refractivity contribution < 1.29 is 10.2 Å². The van der Waals surface area contributed by atoms with E-state index < -0.39 is 6.10 Å². The molecule has 0 saturated carbocycles. The van der Waals surface area contributed by atoms with Crippen molar-refractivity contribution in [1.29, 1.82) is 0 Å². The topological polar surface area (TPSA) is 55.7 Å². The Morgan fingerprint density at radius 2 is 2.00 bits per heavy atom. The predicted octanol–water partition coefficient (Wildman–Crippen LogP) is -0.383. The largest absolute Gasteiger partial charge is 0.394 e. The molecule has 0 aliphatic rings. The minimum Gasteiger partial charge on any atom is -0.394 e. The molecule has 0 aromatic carbocycles. The quantitative estimate of drug-likeness (QED) is 0.378. The summed E-state index contributed by atoms with van der Waals surface area (Å²) in [7, 11) is 3.75. The van der Waals surface area contributed by atoms with Crippen LogP contribution in [0.2, 0.25) is 0 Å². The molecule has 2 atom stereocenters. The van der Waals surface area contributed by atoms with Crippen molar-refractivity contribution >= 4 is 0 Å². The van der Waals surface area contributed by atoms with Crippen molar-refractivity contribution in [3.8, 4) is 0 Å². The normalized spacial score (nSPS) is 16.2. The Bertz CT molecular complexity index is 120. The van der Waals surface area contributed by atoms with Gasteiger partial charge < -0.3 is 10.2 Å². The summed E-state index contributed by atoms with van der Waals surface area (Å²) < 4.78 is 0. The summed E-state index contributed by atoms with van der Waals surface area (Å²) in [5.41, 5.74) is 0. The molecule has 3 N–H and O–H groups in total. The van der Waals surface area contributed by atoms with Crippen LogP contribution in [0, 0.1) is 0 Å². The van der Waals surface area contributed by atoms with Gasteiger partial charge in [0.1, 0.15) is 6.10 Å². The van der Waals surface area contributed by atoms with Gasteiger partial charge >= 0.3 is 0 Å². The van der Waals surface area contributed by atoms with Gasteiger partial charge in [-0.3, -0.25) is 10.2 Å². The first-order valence-electron chi connectivity index (χ1n) is 4.82. The summed E-state index contributed by atoms with van der Waals surface area (Å²) >= 11 is 0. The summed E-state index contributed by atoms with van der Waals surface area (Å²) in [6, 6.07) is 0. The number of aliphatic hydroxyl groups is 2. The maximum Gasteiger partial charge on any atom is 0.106 e. The van der Waals surface area contributed by atoms with E-state index in [1.165, 1.54) is 0 Å². The second kappa shape index (κ2) is 7.26. The lowest BCUT2D eigenvalue weighted by atomic mass is 10.2. The van der Waals surface area contributed by atoms with E-state index in [1.807, 2.05) is 19.0 Å². The second-order valence-electron chi connectivity index (χ2n) is 3.47. The van der Waals surface area contributed by atoms with Crippen LogP contribution in [0.4, 0.5) is 0 Å². The average molecular weight is 190 g/mol. The molecule has 0 saturated heterocycles. The standard InChI is InChI=1S/C9H22N2O2/c1-4-5-6-10-9(11(2)3)8(13)7-12/h8-10,12-13H,4-7H2,1-3H3. The van der Waals surface area contributed by atoms with Gasteiger partial charge in [0.15, 0.2) is 0 Å². The SMILES string of the molecule is CCCCNC(C(O)CO)N(C)C. The Kier molecular flexibility index (Phi) is 7.17. The van der Waals surface area contributed by atoms with Gasteiger partial charge in [-0.2, -0.15) is 0 Å². The molecular formula is C9H22N2O2. The average Bonchev–Trinajstić information content (AvgIpc) is 2.11. The Hall–Kier alpha value is -0.160. The van der Waals surface area contributed by atoms with Crippen LogP contribution in [0.1, 0.15) is 19.8 Å². The fourth-order valence-electron chi connectivity index (χ4n) is 1.19. The predicted molar refractivity (Wildman–Crippen MR) is 53.5 cm³/mol. The minimum absolute atomic E-state index is 0.156. The molecule has 0 heterocycles. The van der Waals surface area contributed by atoms with Crippen molar-refractivity contribution in [2.45, 2.75) is 32.0 Å². The van der Waals surface area contributed by atoms with Crippen molar-refractivity contribution in [3.05, 3.63) is 0 Å². The summed E-state index contributed by atoms with van der Waals surface area (Å²) in [4.78, 5) is 1.87. The van der Waals surface area contributed by atoms with E-state index in [2.05, 4.69) is 12.2 Å². The van der Waals surface area contributed by atoms with E-state index in [0.29, 0.717) is 0 Å². The molecule has 0 radical (unpaired) electrons. The Labute approximate surface area is 80.6 Å². The highest BCUT2D eigenvalue weighted by Gasteiger charge is 2.18. The zero-order chi connectivity index (χ0) is 10.3. The van der Waals surface area contributed by atoms with Crippen LogP contribution < -0.4 is 5.32 Å². The maximum atomic E-state index is 9.43. The molecular weight excluding hydrogens is 168 g/mol. The Morgan fingerprint density at radius 3 is 2.38 bits per heavy atom. The van der Waals surface area contributed by atoms with Crippen molar-refractivity contribution in [2.24, 2.45) is 0 Å². The van der Waals surface area contributed by atoms with Crippen LogP contribution in [0.15, 0.2) is 0 Å². The number of unbranched alkanes of at least 4 members (excludes halogenated alkanes) is 1. The summed E-state index contributed by atoms with van der Waals surface area (Å²) in [6.07, 6.45) is 1.34. The molecule has 2 unspecified atom stereocenters. The van der Waals surface area contributed by atoms with E-state index in [1.54, 1.807) is 0 Å². The van der Waals surface area contributed by atoms with Gasteiger partial charge in [0, 0.05) is 0 Å². The lowest BCUT2D eigenvalue weighted by molar-refractivity contribution is 0.0144. The monoisotopic (exact) mass is 190 g/mol. The smallest absolute Gasteiger partial charge is 0.106 e. The second-order valence-corrected chi connectivity index (χ2v) is 3.47. The minimum atomic E-state index is -0.716. The van der Waals surface area contributed by atoms with Crippen LogP contribution in [-0.4, -0.2) is 54.6 Å². The number of rotatable bonds is 7. The van der Waals surface area contributed by atoms with Crippen LogP contribution in [-0.2, 0) is 0 Å². The third kappa shape index (κ3) is 5.21. The fraction of sp³-hybridized carbons (Fsp3) is 1.00. The third-order valence-electron chi connectivity index (χ3n) is 1.99. The van der Waals surface area contributed by atoms with Crippen molar-refractivity contribution in [1.82, 2.24) is 10.2 Å². The highest BCUT2D eigenvalue weighted by molar-refractivity contribution is 4.72. The number of hydrogen-bond acceptors (Lipinski definition) is 4. The fourth-order valence-corrected chi connectivity index (χ4v) is 1.19. The Balaban J connectivity index is 3.80. The van der Waals surface area contributed by atoms with Crippen LogP contribution in [0.25, 0.3) is 0 Å². The molecule has 4 heteroatoms. The molecule has 80 valence electrons. The first-order valence-corrected chi connectivity index (χ1v) is 4.82. The van der Waals surface area contributed by atoms with Gasteiger partial charge in [-0.05, 0) is 27.1 Å². The molecule has 0 bridgehead atoms. The molecule has 0 aromatic heterocycles. The number of nitrogens with one attached hydrogen (secondary N) is 1. The van der Waals surface area contributed by atoms with Gasteiger partial charge in [-0.1, -0.05) is 13.3 Å². The lowest BCUT2D eigenvalue weighted by Crippen LogP contribution is -2.51. The molecule has 13 heavy (non-hydrogen) atoms. The number of aliphatic hydroxyl groups excluding tert-OH is 2. The zero-order valence-electron chi connectivity index (χ0n) is 8.82. The van der Waals surface area contributed by atoms with E-state index in [-0.39, 0.29) is 12.8 Å². The summed E-state index contributed by atoms with van der Waals surface area (Å²) in [5, 5.41) is 21.4. The molecule has 0 fully saturated rings. The molecule has 0 rings (SSSR count). The van der Waals surface area contributed by atoms with Crippen LogP contribution in [0.5, 0.6) is 0 Å². The number of hydrogen-bond donors (Lipinski definition) is 3. The van der Waals surface area contributed by atoms with Gasteiger partial charge in [0.05, 0.1) is 12.8 Å². The first-order chi connectivity index (χ1) is 6.13. The van der Waals surface area contributed by atoms with Crippen LogP contribution >= 0.6 is 0 Å². The number of nitrogens with zero attached hydrogens (tertiary/aromatic N) is 1. The summed E-state index contributed by atoms with van der Waals surface area (Å²) in [5.74, 6) is 0. The molecule has 0 aliphatic carbocycles.